The Labute approximate surface area is 106 Å². The van der Waals surface area contributed by atoms with E-state index in [0.29, 0.717) is 12.6 Å². The number of furan rings is 1. The third-order valence-electron chi connectivity index (χ3n) is 3.68. The first-order chi connectivity index (χ1) is 8.79. The fourth-order valence-corrected chi connectivity index (χ4v) is 2.57. The van der Waals surface area contributed by atoms with E-state index in [-0.39, 0.29) is 6.61 Å². The van der Waals surface area contributed by atoms with Gasteiger partial charge in [-0.15, -0.1) is 0 Å². The Hall–Kier alpha value is -1.55. The molecule has 2 aromatic heterocycles. The van der Waals surface area contributed by atoms with E-state index in [1.54, 1.807) is 6.20 Å². The lowest BCUT2D eigenvalue weighted by atomic mass is 9.91. The zero-order valence-corrected chi connectivity index (χ0v) is 10.6. The molecule has 4 nitrogen and oxygen atoms in total. The molecule has 1 aliphatic rings. The molecule has 96 valence electrons. The smallest absolute Gasteiger partial charge is 0.140 e. The second kappa shape index (κ2) is 4.61. The second-order valence-electron chi connectivity index (χ2n) is 4.91. The van der Waals surface area contributed by atoms with Crippen LogP contribution in [0.5, 0.6) is 0 Å². The van der Waals surface area contributed by atoms with Crippen LogP contribution in [-0.2, 0) is 0 Å². The number of aliphatic hydroxyl groups is 1. The highest BCUT2D eigenvalue weighted by molar-refractivity contribution is 5.89. The SMILES string of the molecule is Cc1cc2c(N(CCO)C3CCC3)nccc2o1. The molecule has 0 amide bonds. The molecule has 1 N–H and O–H groups in total. The van der Waals surface area contributed by atoms with E-state index in [2.05, 4.69) is 9.88 Å². The molecule has 0 aliphatic heterocycles. The maximum atomic E-state index is 9.25. The van der Waals surface area contributed by atoms with Crippen molar-refractivity contribution in [3.05, 3.63) is 24.1 Å². The molecule has 3 rings (SSSR count). The van der Waals surface area contributed by atoms with Crippen LogP contribution in [0.2, 0.25) is 0 Å². The number of aliphatic hydroxyl groups excluding tert-OH is 1. The van der Waals surface area contributed by atoms with Gasteiger partial charge in [0.25, 0.3) is 0 Å². The lowest BCUT2D eigenvalue weighted by Gasteiger charge is -2.38. The van der Waals surface area contributed by atoms with E-state index in [4.69, 9.17) is 4.42 Å². The quantitative estimate of drug-likeness (QED) is 0.900. The highest BCUT2D eigenvalue weighted by atomic mass is 16.3. The van der Waals surface area contributed by atoms with Gasteiger partial charge in [-0.05, 0) is 38.3 Å². The number of aromatic nitrogens is 1. The fraction of sp³-hybridized carbons (Fsp3) is 0.500. The highest BCUT2D eigenvalue weighted by Gasteiger charge is 2.27. The molecule has 0 aromatic carbocycles. The van der Waals surface area contributed by atoms with E-state index < -0.39 is 0 Å². The van der Waals surface area contributed by atoms with Crippen molar-refractivity contribution in [2.24, 2.45) is 0 Å². The average molecular weight is 246 g/mol. The zero-order valence-electron chi connectivity index (χ0n) is 10.6. The summed E-state index contributed by atoms with van der Waals surface area (Å²) in [6, 6.07) is 4.44. The van der Waals surface area contributed by atoms with Crippen LogP contribution in [0.25, 0.3) is 11.0 Å². The third kappa shape index (κ3) is 1.86. The molecule has 0 radical (unpaired) electrons. The Morgan fingerprint density at radius 3 is 3.00 bits per heavy atom. The standard InChI is InChI=1S/C14H18N2O2/c1-10-9-12-13(18-10)5-6-15-14(12)16(7-8-17)11-3-2-4-11/h5-6,9,11,17H,2-4,7-8H2,1H3. The van der Waals surface area contributed by atoms with Gasteiger partial charge in [0.2, 0.25) is 0 Å². The molecule has 2 heterocycles. The Morgan fingerprint density at radius 2 is 2.33 bits per heavy atom. The monoisotopic (exact) mass is 246 g/mol. The molecular formula is C14H18N2O2. The van der Waals surface area contributed by atoms with Crippen LogP contribution in [0, 0.1) is 6.92 Å². The molecule has 0 spiro atoms. The first-order valence-electron chi connectivity index (χ1n) is 6.52. The van der Waals surface area contributed by atoms with Crippen LogP contribution >= 0.6 is 0 Å². The minimum Gasteiger partial charge on any atom is -0.461 e. The van der Waals surface area contributed by atoms with Crippen LogP contribution in [0.15, 0.2) is 22.7 Å². The molecule has 1 aliphatic carbocycles. The number of hydrogen-bond acceptors (Lipinski definition) is 4. The Balaban J connectivity index is 2.04. The van der Waals surface area contributed by atoms with Crippen molar-refractivity contribution in [3.8, 4) is 0 Å². The van der Waals surface area contributed by atoms with E-state index >= 15 is 0 Å². The summed E-state index contributed by atoms with van der Waals surface area (Å²) in [7, 11) is 0. The van der Waals surface area contributed by atoms with Gasteiger partial charge in [-0.25, -0.2) is 4.98 Å². The Kier molecular flexibility index (Phi) is 2.96. The van der Waals surface area contributed by atoms with Gasteiger partial charge in [0.1, 0.15) is 17.2 Å². The van der Waals surface area contributed by atoms with Crippen LogP contribution in [0.1, 0.15) is 25.0 Å². The molecule has 4 heteroatoms. The molecule has 0 saturated heterocycles. The van der Waals surface area contributed by atoms with Gasteiger partial charge in [0.05, 0.1) is 12.0 Å². The number of nitrogens with zero attached hydrogens (tertiary/aromatic N) is 2. The summed E-state index contributed by atoms with van der Waals surface area (Å²) in [5.41, 5.74) is 0.875. The van der Waals surface area contributed by atoms with Gasteiger partial charge in [0, 0.05) is 18.8 Å². The number of aryl methyl sites for hydroxylation is 1. The number of hydrogen-bond donors (Lipinski definition) is 1. The number of anilines is 1. The van der Waals surface area contributed by atoms with Crippen molar-refractivity contribution in [3.63, 3.8) is 0 Å². The van der Waals surface area contributed by atoms with Crippen LogP contribution in [0.3, 0.4) is 0 Å². The number of rotatable bonds is 4. The normalized spacial score (nSPS) is 15.9. The topological polar surface area (TPSA) is 49.5 Å². The van der Waals surface area contributed by atoms with Gasteiger partial charge in [-0.3, -0.25) is 0 Å². The second-order valence-corrected chi connectivity index (χ2v) is 4.91. The lowest BCUT2D eigenvalue weighted by Crippen LogP contribution is -2.42. The summed E-state index contributed by atoms with van der Waals surface area (Å²) >= 11 is 0. The van der Waals surface area contributed by atoms with Crippen molar-refractivity contribution in [2.45, 2.75) is 32.2 Å². The first-order valence-corrected chi connectivity index (χ1v) is 6.52. The summed E-state index contributed by atoms with van der Waals surface area (Å²) in [6.45, 7) is 2.75. The molecule has 1 saturated carbocycles. The lowest BCUT2D eigenvalue weighted by molar-refractivity contribution is 0.283. The molecule has 0 unspecified atom stereocenters. The van der Waals surface area contributed by atoms with Crippen molar-refractivity contribution in [1.29, 1.82) is 0 Å². The molecular weight excluding hydrogens is 228 g/mol. The molecule has 0 bridgehead atoms. The largest absolute Gasteiger partial charge is 0.461 e. The van der Waals surface area contributed by atoms with Crippen LogP contribution in [-0.4, -0.2) is 29.3 Å². The third-order valence-corrected chi connectivity index (χ3v) is 3.68. The van der Waals surface area contributed by atoms with Gasteiger partial charge < -0.3 is 14.4 Å². The van der Waals surface area contributed by atoms with E-state index in [0.717, 1.165) is 22.5 Å². The number of pyridine rings is 1. The predicted octanol–water partition coefficient (Wildman–Crippen LogP) is 2.49. The summed E-state index contributed by atoms with van der Waals surface area (Å²) in [6.07, 6.45) is 5.43. The van der Waals surface area contributed by atoms with E-state index in [1.807, 2.05) is 19.1 Å². The van der Waals surface area contributed by atoms with Gasteiger partial charge in [0.15, 0.2) is 0 Å². The van der Waals surface area contributed by atoms with Gasteiger partial charge in [-0.2, -0.15) is 0 Å². The molecule has 18 heavy (non-hydrogen) atoms. The molecule has 0 atom stereocenters. The maximum Gasteiger partial charge on any atom is 0.140 e. The molecule has 2 aromatic rings. The summed E-state index contributed by atoms with van der Waals surface area (Å²) < 4.78 is 5.64. The van der Waals surface area contributed by atoms with Gasteiger partial charge in [-0.1, -0.05) is 0 Å². The molecule has 1 fully saturated rings. The van der Waals surface area contributed by atoms with Crippen molar-refractivity contribution in [2.75, 3.05) is 18.1 Å². The van der Waals surface area contributed by atoms with Gasteiger partial charge >= 0.3 is 0 Å². The van der Waals surface area contributed by atoms with Crippen LogP contribution < -0.4 is 4.90 Å². The van der Waals surface area contributed by atoms with Crippen molar-refractivity contribution in [1.82, 2.24) is 4.98 Å². The maximum absolute atomic E-state index is 9.25. The average Bonchev–Trinajstić information content (AvgIpc) is 2.66. The summed E-state index contributed by atoms with van der Waals surface area (Å²) in [5.74, 6) is 1.85. The Bertz CT molecular complexity index is 546. The van der Waals surface area contributed by atoms with Crippen molar-refractivity contribution < 1.29 is 9.52 Å². The van der Waals surface area contributed by atoms with Crippen molar-refractivity contribution >= 4 is 16.8 Å². The minimum absolute atomic E-state index is 0.158. The first kappa shape index (κ1) is 11.5. The van der Waals surface area contributed by atoms with Crippen LogP contribution in [0.4, 0.5) is 5.82 Å². The Morgan fingerprint density at radius 1 is 1.50 bits per heavy atom. The highest BCUT2D eigenvalue weighted by Crippen LogP contribution is 2.33. The van der Waals surface area contributed by atoms with E-state index in [9.17, 15) is 5.11 Å². The fourth-order valence-electron chi connectivity index (χ4n) is 2.57. The summed E-state index contributed by atoms with van der Waals surface area (Å²) in [5, 5.41) is 10.3. The minimum atomic E-state index is 0.158. The number of fused-ring (bicyclic) bond motifs is 1. The zero-order chi connectivity index (χ0) is 12.5. The predicted molar refractivity (Wildman–Crippen MR) is 70.8 cm³/mol. The van der Waals surface area contributed by atoms with E-state index in [1.165, 1.54) is 19.3 Å². The summed E-state index contributed by atoms with van der Waals surface area (Å²) in [4.78, 5) is 6.72.